The van der Waals surface area contributed by atoms with Crippen molar-refractivity contribution in [3.63, 3.8) is 0 Å². The summed E-state index contributed by atoms with van der Waals surface area (Å²) in [6, 6.07) is 13.9. The number of hydrogen-bond acceptors (Lipinski definition) is 3. The van der Waals surface area contributed by atoms with Crippen LogP contribution in [-0.4, -0.2) is 35.0 Å². The number of carbonyl (C=O) groups excluding carboxylic acids is 1. The molecule has 1 saturated heterocycles. The van der Waals surface area contributed by atoms with Gasteiger partial charge in [0.2, 0.25) is 5.91 Å². The zero-order valence-corrected chi connectivity index (χ0v) is 15.1. The molecule has 3 rings (SSSR count). The molecule has 0 saturated carbocycles. The van der Waals surface area contributed by atoms with Gasteiger partial charge in [-0.1, -0.05) is 30.3 Å². The number of likely N-dealkylation sites (tertiary alicyclic amines) is 1. The number of carboxylic acid groups (broad SMARTS) is 1. The van der Waals surface area contributed by atoms with Crippen molar-refractivity contribution < 1.29 is 19.4 Å². The third kappa shape index (κ3) is 4.04. The highest BCUT2D eigenvalue weighted by Gasteiger charge is 2.33. The van der Waals surface area contributed by atoms with Crippen LogP contribution in [0.5, 0.6) is 11.5 Å². The second kappa shape index (κ2) is 7.60. The summed E-state index contributed by atoms with van der Waals surface area (Å²) in [5.74, 6) is 0.105. The van der Waals surface area contributed by atoms with E-state index >= 15 is 0 Å². The molecule has 0 spiro atoms. The van der Waals surface area contributed by atoms with Gasteiger partial charge in [0.05, 0.1) is 5.92 Å². The lowest BCUT2D eigenvalue weighted by molar-refractivity contribution is -0.141. The van der Waals surface area contributed by atoms with Crippen LogP contribution in [0.15, 0.2) is 42.5 Å². The van der Waals surface area contributed by atoms with Crippen LogP contribution < -0.4 is 4.74 Å². The minimum atomic E-state index is -0.895. The largest absolute Gasteiger partial charge is 0.481 e. The van der Waals surface area contributed by atoms with E-state index in [0.29, 0.717) is 19.5 Å². The van der Waals surface area contributed by atoms with Crippen LogP contribution in [0, 0.1) is 19.8 Å². The smallest absolute Gasteiger partial charge is 0.308 e. The SMILES string of the molecule is Cc1cccc(C)c1Oc1ccc(CCN2CC(C(=O)O)CC2=O)cc1. The molecule has 0 aliphatic carbocycles. The summed E-state index contributed by atoms with van der Waals surface area (Å²) in [7, 11) is 0. The maximum atomic E-state index is 11.9. The molecule has 1 heterocycles. The fraction of sp³-hybridized carbons (Fsp3) is 0.333. The summed E-state index contributed by atoms with van der Waals surface area (Å²) in [6.07, 6.45) is 0.805. The van der Waals surface area contributed by atoms with Gasteiger partial charge in [-0.15, -0.1) is 0 Å². The minimum absolute atomic E-state index is 0.0765. The molecule has 1 aliphatic heterocycles. The first-order valence-corrected chi connectivity index (χ1v) is 8.77. The molecule has 2 aromatic carbocycles. The number of ether oxygens (including phenoxy) is 1. The van der Waals surface area contributed by atoms with Crippen molar-refractivity contribution in [1.82, 2.24) is 4.90 Å². The molecular weight excluding hydrogens is 330 g/mol. The third-order valence-electron chi connectivity index (χ3n) is 4.79. The van der Waals surface area contributed by atoms with Crippen LogP contribution in [0.4, 0.5) is 0 Å². The Balaban J connectivity index is 1.58. The number of rotatable bonds is 6. The molecule has 136 valence electrons. The predicted molar refractivity (Wildman–Crippen MR) is 98.5 cm³/mol. The lowest BCUT2D eigenvalue weighted by Gasteiger charge is -2.16. The average molecular weight is 353 g/mol. The Kier molecular flexibility index (Phi) is 5.26. The Morgan fingerprint density at radius 1 is 1.15 bits per heavy atom. The quantitative estimate of drug-likeness (QED) is 0.862. The molecule has 26 heavy (non-hydrogen) atoms. The van der Waals surface area contributed by atoms with Crippen LogP contribution in [0.3, 0.4) is 0 Å². The van der Waals surface area contributed by atoms with Crippen molar-refractivity contribution in [3.8, 4) is 11.5 Å². The van der Waals surface area contributed by atoms with E-state index in [9.17, 15) is 9.59 Å². The molecular formula is C21H23NO4. The number of nitrogens with zero attached hydrogens (tertiary/aromatic N) is 1. The van der Waals surface area contributed by atoms with Gasteiger partial charge in [0, 0.05) is 19.5 Å². The number of carboxylic acids is 1. The van der Waals surface area contributed by atoms with Crippen molar-refractivity contribution in [2.24, 2.45) is 5.92 Å². The third-order valence-corrected chi connectivity index (χ3v) is 4.79. The first-order chi connectivity index (χ1) is 12.4. The summed E-state index contributed by atoms with van der Waals surface area (Å²) < 4.78 is 6.00. The maximum absolute atomic E-state index is 11.9. The van der Waals surface area contributed by atoms with Gasteiger partial charge in [-0.25, -0.2) is 0 Å². The number of benzene rings is 2. The average Bonchev–Trinajstić information content (AvgIpc) is 2.99. The first kappa shape index (κ1) is 18.0. The zero-order chi connectivity index (χ0) is 18.7. The Bertz CT molecular complexity index is 793. The number of carbonyl (C=O) groups is 2. The monoisotopic (exact) mass is 353 g/mol. The van der Waals surface area contributed by atoms with E-state index in [2.05, 4.69) is 0 Å². The molecule has 0 bridgehead atoms. The molecule has 5 heteroatoms. The molecule has 1 fully saturated rings. The standard InChI is InChI=1S/C21H23NO4/c1-14-4-3-5-15(2)20(14)26-18-8-6-16(7-9-18)10-11-22-13-17(21(24)25)12-19(22)23/h3-9,17H,10-13H2,1-2H3,(H,24,25). The van der Waals surface area contributed by atoms with E-state index in [0.717, 1.165) is 28.2 Å². The van der Waals surface area contributed by atoms with Gasteiger partial charge < -0.3 is 14.7 Å². The van der Waals surface area contributed by atoms with E-state index in [1.807, 2.05) is 56.3 Å². The number of aryl methyl sites for hydroxylation is 2. The van der Waals surface area contributed by atoms with Crippen LogP contribution in [0.2, 0.25) is 0 Å². The van der Waals surface area contributed by atoms with Gasteiger partial charge >= 0.3 is 5.97 Å². The van der Waals surface area contributed by atoms with Gasteiger partial charge in [-0.3, -0.25) is 9.59 Å². The van der Waals surface area contributed by atoms with Crippen LogP contribution in [0.1, 0.15) is 23.1 Å². The van der Waals surface area contributed by atoms with Crippen LogP contribution in [0.25, 0.3) is 0 Å². The summed E-state index contributed by atoms with van der Waals surface area (Å²) >= 11 is 0. The highest BCUT2D eigenvalue weighted by molar-refractivity contribution is 5.86. The lowest BCUT2D eigenvalue weighted by atomic mass is 10.1. The fourth-order valence-corrected chi connectivity index (χ4v) is 3.22. The Labute approximate surface area is 153 Å². The Morgan fingerprint density at radius 3 is 2.38 bits per heavy atom. The molecule has 1 unspecified atom stereocenters. The van der Waals surface area contributed by atoms with E-state index in [4.69, 9.17) is 9.84 Å². The lowest BCUT2D eigenvalue weighted by Crippen LogP contribution is -2.28. The van der Waals surface area contributed by atoms with Gasteiger partial charge in [0.15, 0.2) is 0 Å². The zero-order valence-electron chi connectivity index (χ0n) is 15.1. The van der Waals surface area contributed by atoms with E-state index in [-0.39, 0.29) is 12.3 Å². The normalized spacial score (nSPS) is 16.8. The second-order valence-electron chi connectivity index (χ2n) is 6.80. The Hall–Kier alpha value is -2.82. The molecule has 1 amide bonds. The fourth-order valence-electron chi connectivity index (χ4n) is 3.22. The van der Waals surface area contributed by atoms with Crippen molar-refractivity contribution >= 4 is 11.9 Å². The van der Waals surface area contributed by atoms with Gasteiger partial charge in [-0.2, -0.15) is 0 Å². The summed E-state index contributed by atoms with van der Waals surface area (Å²) in [5.41, 5.74) is 3.27. The first-order valence-electron chi connectivity index (χ1n) is 8.77. The van der Waals surface area contributed by atoms with Crippen molar-refractivity contribution in [2.45, 2.75) is 26.7 Å². The summed E-state index contributed by atoms with van der Waals surface area (Å²) in [4.78, 5) is 24.5. The number of aliphatic carboxylic acids is 1. The minimum Gasteiger partial charge on any atom is -0.481 e. The summed E-state index contributed by atoms with van der Waals surface area (Å²) in [6.45, 7) is 4.89. The van der Waals surface area contributed by atoms with Crippen molar-refractivity contribution in [1.29, 1.82) is 0 Å². The van der Waals surface area contributed by atoms with Crippen LogP contribution in [-0.2, 0) is 16.0 Å². The highest BCUT2D eigenvalue weighted by Crippen LogP contribution is 2.28. The number of hydrogen-bond donors (Lipinski definition) is 1. The van der Waals surface area contributed by atoms with E-state index in [1.54, 1.807) is 4.90 Å². The molecule has 1 atom stereocenters. The van der Waals surface area contributed by atoms with Gasteiger partial charge in [0.25, 0.3) is 0 Å². The molecule has 2 aromatic rings. The van der Waals surface area contributed by atoms with Gasteiger partial charge in [-0.05, 0) is 49.1 Å². The topological polar surface area (TPSA) is 66.8 Å². The maximum Gasteiger partial charge on any atom is 0.308 e. The summed E-state index contributed by atoms with van der Waals surface area (Å²) in [5, 5.41) is 9.03. The number of amides is 1. The molecule has 1 aliphatic rings. The second-order valence-corrected chi connectivity index (χ2v) is 6.80. The Morgan fingerprint density at radius 2 is 1.81 bits per heavy atom. The van der Waals surface area contributed by atoms with E-state index < -0.39 is 11.9 Å². The molecule has 0 radical (unpaired) electrons. The predicted octanol–water partition coefficient (Wildman–Crippen LogP) is 3.57. The highest BCUT2D eigenvalue weighted by atomic mass is 16.5. The number of para-hydroxylation sites is 1. The van der Waals surface area contributed by atoms with Gasteiger partial charge in [0.1, 0.15) is 11.5 Å². The van der Waals surface area contributed by atoms with Crippen molar-refractivity contribution in [2.75, 3.05) is 13.1 Å². The van der Waals surface area contributed by atoms with Crippen molar-refractivity contribution in [3.05, 3.63) is 59.2 Å². The van der Waals surface area contributed by atoms with E-state index in [1.165, 1.54) is 0 Å². The molecule has 1 N–H and O–H groups in total. The van der Waals surface area contributed by atoms with Crippen LogP contribution >= 0.6 is 0 Å². The molecule has 5 nitrogen and oxygen atoms in total. The molecule has 0 aromatic heterocycles.